The molecule has 2 aromatic heterocycles. The summed E-state index contributed by atoms with van der Waals surface area (Å²) in [5.74, 6) is -1.16. The van der Waals surface area contributed by atoms with Crippen molar-refractivity contribution in [3.05, 3.63) is 79.9 Å². The van der Waals surface area contributed by atoms with Gasteiger partial charge >= 0.3 is 5.97 Å². The van der Waals surface area contributed by atoms with Crippen LogP contribution < -0.4 is 19.8 Å². The van der Waals surface area contributed by atoms with Crippen molar-refractivity contribution >= 4 is 39.3 Å². The maximum Gasteiger partial charge on any atom is 0.350 e. The first-order chi connectivity index (χ1) is 17.8. The highest BCUT2D eigenvalue weighted by Gasteiger charge is 2.45. The number of anilines is 1. The van der Waals surface area contributed by atoms with Gasteiger partial charge in [0, 0.05) is 0 Å². The minimum absolute atomic E-state index is 0.00130. The van der Waals surface area contributed by atoms with Gasteiger partial charge in [0.05, 0.1) is 43.5 Å². The number of carbonyl (C=O) groups excluding carboxylic acids is 2. The number of amides is 1. The molecule has 11 heteroatoms. The lowest BCUT2D eigenvalue weighted by molar-refractivity contribution is 0.0531. The Morgan fingerprint density at radius 1 is 1.14 bits per heavy atom. The number of aryl methyl sites for hydroxylation is 1. The van der Waals surface area contributed by atoms with Crippen molar-refractivity contribution in [3.63, 3.8) is 0 Å². The van der Waals surface area contributed by atoms with Crippen LogP contribution >= 0.6 is 11.3 Å². The van der Waals surface area contributed by atoms with Crippen LogP contribution in [0.3, 0.4) is 0 Å². The van der Waals surface area contributed by atoms with Crippen LogP contribution in [0.25, 0.3) is 11.0 Å². The molecule has 0 bridgehead atoms. The minimum Gasteiger partial charge on any atom is -0.493 e. The molecule has 1 unspecified atom stereocenters. The Morgan fingerprint density at radius 2 is 1.89 bits per heavy atom. The van der Waals surface area contributed by atoms with Crippen LogP contribution in [0.2, 0.25) is 0 Å². The number of aromatic nitrogens is 1. The average Bonchev–Trinajstić information content (AvgIpc) is 3.41. The van der Waals surface area contributed by atoms with Gasteiger partial charge in [-0.05, 0) is 49.7 Å². The molecule has 0 saturated heterocycles. The SMILES string of the molecule is CCOC(=O)c1sc(N2C(=O)c3oc4ccc(F)cc4c(=O)c3C2c2ccc(OC)c(OC)c2)nc1C. The normalized spacial score (nSPS) is 14.7. The molecule has 5 rings (SSSR count). The second-order valence-electron chi connectivity index (χ2n) is 8.14. The van der Waals surface area contributed by atoms with Gasteiger partial charge in [-0.1, -0.05) is 17.4 Å². The second-order valence-corrected chi connectivity index (χ2v) is 9.12. The average molecular weight is 525 g/mol. The van der Waals surface area contributed by atoms with E-state index in [1.807, 2.05) is 0 Å². The summed E-state index contributed by atoms with van der Waals surface area (Å²) in [5, 5.41) is 0.174. The smallest absolute Gasteiger partial charge is 0.350 e. The van der Waals surface area contributed by atoms with Crippen molar-refractivity contribution in [2.24, 2.45) is 0 Å². The second kappa shape index (κ2) is 9.32. The van der Waals surface area contributed by atoms with E-state index in [-0.39, 0.29) is 38.9 Å². The Kier molecular flexibility index (Phi) is 6.16. The van der Waals surface area contributed by atoms with Crippen LogP contribution in [0.4, 0.5) is 9.52 Å². The third-order valence-electron chi connectivity index (χ3n) is 6.01. The zero-order valence-electron chi connectivity index (χ0n) is 20.3. The Hall–Kier alpha value is -4.25. The molecule has 1 amide bonds. The van der Waals surface area contributed by atoms with E-state index in [4.69, 9.17) is 18.6 Å². The molecule has 37 heavy (non-hydrogen) atoms. The lowest BCUT2D eigenvalue weighted by Crippen LogP contribution is -2.29. The molecule has 3 heterocycles. The van der Waals surface area contributed by atoms with Crippen LogP contribution in [0.15, 0.2) is 45.6 Å². The van der Waals surface area contributed by atoms with Crippen molar-refractivity contribution in [3.8, 4) is 11.5 Å². The Morgan fingerprint density at radius 3 is 2.59 bits per heavy atom. The minimum atomic E-state index is -0.994. The molecular formula is C26H21FN2O7S. The highest BCUT2D eigenvalue weighted by Crippen LogP contribution is 2.44. The van der Waals surface area contributed by atoms with Gasteiger partial charge in [-0.25, -0.2) is 14.2 Å². The van der Waals surface area contributed by atoms with Crippen molar-refractivity contribution < 1.29 is 32.6 Å². The van der Waals surface area contributed by atoms with Crippen LogP contribution in [0.5, 0.6) is 11.5 Å². The number of methoxy groups -OCH3 is 2. The predicted molar refractivity (Wildman–Crippen MR) is 133 cm³/mol. The number of fused-ring (bicyclic) bond motifs is 2. The van der Waals surface area contributed by atoms with Crippen molar-refractivity contribution in [2.45, 2.75) is 19.9 Å². The molecule has 190 valence electrons. The fraction of sp³-hybridized carbons (Fsp3) is 0.231. The summed E-state index contributed by atoms with van der Waals surface area (Å²) >= 11 is 0.968. The first-order valence-corrected chi connectivity index (χ1v) is 12.1. The molecule has 1 aliphatic rings. The largest absolute Gasteiger partial charge is 0.493 e. The molecule has 0 saturated carbocycles. The molecule has 9 nitrogen and oxygen atoms in total. The number of hydrogen-bond acceptors (Lipinski definition) is 9. The van der Waals surface area contributed by atoms with Gasteiger partial charge in [0.1, 0.15) is 16.3 Å². The summed E-state index contributed by atoms with van der Waals surface area (Å²) in [6.45, 7) is 3.49. The van der Waals surface area contributed by atoms with Gasteiger partial charge < -0.3 is 18.6 Å². The summed E-state index contributed by atoms with van der Waals surface area (Å²) in [7, 11) is 2.95. The topological polar surface area (TPSA) is 108 Å². The standard InChI is InChI=1S/C26H21FN2O7S/c1-5-35-25(32)23-12(2)28-26(37-23)29-20(13-6-8-17(33-3)18(10-13)34-4)19-21(30)15-11-14(27)7-9-16(15)36-22(19)24(29)31/h6-11,20H,5H2,1-4H3. The maximum absolute atomic E-state index is 14.0. The molecule has 4 aromatic rings. The summed E-state index contributed by atoms with van der Waals surface area (Å²) < 4.78 is 35.8. The number of thiazole rings is 1. The zero-order chi connectivity index (χ0) is 26.4. The van der Waals surface area contributed by atoms with Gasteiger partial charge in [0.2, 0.25) is 5.76 Å². The third kappa shape index (κ3) is 3.91. The van der Waals surface area contributed by atoms with Crippen molar-refractivity contribution in [1.82, 2.24) is 4.98 Å². The molecule has 0 fully saturated rings. The summed E-state index contributed by atoms with van der Waals surface area (Å²) in [4.78, 5) is 45.9. The molecular weight excluding hydrogens is 503 g/mol. The molecule has 2 aromatic carbocycles. The van der Waals surface area contributed by atoms with E-state index in [0.717, 1.165) is 23.5 Å². The van der Waals surface area contributed by atoms with Crippen LogP contribution in [0, 0.1) is 12.7 Å². The van der Waals surface area contributed by atoms with E-state index < -0.39 is 29.2 Å². The van der Waals surface area contributed by atoms with Gasteiger partial charge in [0.25, 0.3) is 5.91 Å². The summed E-state index contributed by atoms with van der Waals surface area (Å²) in [6, 6.07) is 7.51. The quantitative estimate of drug-likeness (QED) is 0.336. The van der Waals surface area contributed by atoms with E-state index in [2.05, 4.69) is 4.98 Å². The van der Waals surface area contributed by atoms with Crippen LogP contribution in [0.1, 0.15) is 50.0 Å². The summed E-state index contributed by atoms with van der Waals surface area (Å²) in [6.07, 6.45) is 0. The highest BCUT2D eigenvalue weighted by molar-refractivity contribution is 7.17. The molecule has 1 aliphatic heterocycles. The van der Waals surface area contributed by atoms with Crippen LogP contribution in [-0.2, 0) is 4.74 Å². The fourth-order valence-electron chi connectivity index (χ4n) is 4.35. The maximum atomic E-state index is 14.0. The summed E-state index contributed by atoms with van der Waals surface area (Å²) in [5.41, 5.74) is 0.429. The molecule has 1 atom stereocenters. The monoisotopic (exact) mass is 524 g/mol. The van der Waals surface area contributed by atoms with Gasteiger partial charge in [-0.3, -0.25) is 14.5 Å². The van der Waals surface area contributed by atoms with Gasteiger partial charge in [0.15, 0.2) is 22.1 Å². The number of ether oxygens (including phenoxy) is 3. The lowest BCUT2D eigenvalue weighted by Gasteiger charge is -2.23. The first-order valence-electron chi connectivity index (χ1n) is 11.2. The van der Waals surface area contributed by atoms with E-state index in [1.54, 1.807) is 32.0 Å². The number of carbonyl (C=O) groups is 2. The number of hydrogen-bond donors (Lipinski definition) is 0. The van der Waals surface area contributed by atoms with Gasteiger partial charge in [-0.2, -0.15) is 0 Å². The number of nitrogens with zero attached hydrogens (tertiary/aromatic N) is 2. The Labute approximate surface area is 214 Å². The van der Waals surface area contributed by atoms with E-state index >= 15 is 0 Å². The molecule has 0 aliphatic carbocycles. The lowest BCUT2D eigenvalue weighted by atomic mass is 9.98. The van der Waals surface area contributed by atoms with Crippen molar-refractivity contribution in [2.75, 3.05) is 25.7 Å². The first kappa shape index (κ1) is 24.4. The van der Waals surface area contributed by atoms with Gasteiger partial charge in [-0.15, -0.1) is 0 Å². The van der Waals surface area contributed by atoms with E-state index in [1.165, 1.54) is 25.2 Å². The molecule has 0 N–H and O–H groups in total. The zero-order valence-corrected chi connectivity index (χ0v) is 21.1. The Bertz CT molecular complexity index is 1630. The molecule has 0 radical (unpaired) electrons. The highest BCUT2D eigenvalue weighted by atomic mass is 32.1. The number of rotatable bonds is 6. The number of benzene rings is 2. The third-order valence-corrected chi connectivity index (χ3v) is 7.14. The van der Waals surface area contributed by atoms with E-state index in [0.29, 0.717) is 22.8 Å². The number of esters is 1. The van der Waals surface area contributed by atoms with Crippen LogP contribution in [-0.4, -0.2) is 37.7 Å². The molecule has 0 spiro atoms. The Balaban J connectivity index is 1.77. The van der Waals surface area contributed by atoms with E-state index in [9.17, 15) is 18.8 Å². The van der Waals surface area contributed by atoms with Crippen molar-refractivity contribution in [1.29, 1.82) is 0 Å². The predicted octanol–water partition coefficient (Wildman–Crippen LogP) is 4.64. The fourth-order valence-corrected chi connectivity index (χ4v) is 5.34. The number of halogens is 1.